The Morgan fingerprint density at radius 2 is 2.19 bits per heavy atom. The molecule has 1 aromatic heterocycles. The fourth-order valence-electron chi connectivity index (χ4n) is 1.36. The van der Waals surface area contributed by atoms with Crippen molar-refractivity contribution in [1.82, 2.24) is 4.98 Å². The van der Waals surface area contributed by atoms with Crippen molar-refractivity contribution in [1.29, 1.82) is 0 Å². The summed E-state index contributed by atoms with van der Waals surface area (Å²) in [4.78, 5) is 15.5. The summed E-state index contributed by atoms with van der Waals surface area (Å²) in [5, 5.41) is 0. The number of benzene rings is 1. The summed E-state index contributed by atoms with van der Waals surface area (Å²) in [5.74, 6) is 0.145. The van der Waals surface area contributed by atoms with Gasteiger partial charge in [-0.05, 0) is 12.1 Å². The maximum atomic E-state index is 11.4. The lowest BCUT2D eigenvalue weighted by Gasteiger charge is -2.03. The number of carbonyl (C=O) groups excluding carboxylic acids is 1. The van der Waals surface area contributed by atoms with Gasteiger partial charge in [-0.2, -0.15) is 0 Å². The molecule has 0 aliphatic carbocycles. The molecule has 6 heteroatoms. The van der Waals surface area contributed by atoms with E-state index in [1.54, 1.807) is 12.1 Å². The number of ether oxygens (including phenoxy) is 2. The van der Waals surface area contributed by atoms with Crippen molar-refractivity contribution in [2.24, 2.45) is 0 Å². The Bertz CT molecular complexity index is 552. The van der Waals surface area contributed by atoms with Crippen LogP contribution in [0.5, 0.6) is 5.75 Å². The molecule has 0 saturated heterocycles. The largest absolute Gasteiger partial charge is 0.495 e. The van der Waals surface area contributed by atoms with Gasteiger partial charge in [0.2, 0.25) is 0 Å². The third kappa shape index (κ3) is 1.83. The quantitative estimate of drug-likeness (QED) is 0.776. The molecule has 2 aromatic rings. The van der Waals surface area contributed by atoms with E-state index < -0.39 is 5.97 Å². The molecule has 0 amide bonds. The second kappa shape index (κ2) is 4.27. The van der Waals surface area contributed by atoms with E-state index in [0.29, 0.717) is 21.3 Å². The Morgan fingerprint density at radius 1 is 1.44 bits per heavy atom. The van der Waals surface area contributed by atoms with E-state index in [4.69, 9.17) is 16.3 Å². The molecule has 0 radical (unpaired) electrons. The van der Waals surface area contributed by atoms with Gasteiger partial charge in [-0.25, -0.2) is 9.78 Å². The van der Waals surface area contributed by atoms with E-state index in [2.05, 4.69) is 9.72 Å². The highest BCUT2D eigenvalue weighted by atomic mass is 35.5. The molecular formula is C10H8ClNO3S. The molecular weight excluding hydrogens is 250 g/mol. The van der Waals surface area contributed by atoms with Crippen molar-refractivity contribution in [3.05, 3.63) is 22.2 Å². The van der Waals surface area contributed by atoms with Crippen LogP contribution in [-0.2, 0) is 4.74 Å². The maximum absolute atomic E-state index is 11.4. The summed E-state index contributed by atoms with van der Waals surface area (Å²) in [6.07, 6.45) is 0. The van der Waals surface area contributed by atoms with E-state index >= 15 is 0 Å². The third-order valence-electron chi connectivity index (χ3n) is 2.07. The lowest BCUT2D eigenvalue weighted by Crippen LogP contribution is -2.01. The van der Waals surface area contributed by atoms with Crippen LogP contribution in [0.1, 0.15) is 10.4 Å². The average Bonchev–Trinajstić information content (AvgIpc) is 2.66. The van der Waals surface area contributed by atoms with Crippen LogP contribution in [0.15, 0.2) is 12.1 Å². The first kappa shape index (κ1) is 11.2. The minimum atomic E-state index is -0.427. The zero-order chi connectivity index (χ0) is 11.7. The highest BCUT2D eigenvalue weighted by Gasteiger charge is 2.14. The molecule has 2 rings (SSSR count). The van der Waals surface area contributed by atoms with Gasteiger partial charge in [0.1, 0.15) is 5.75 Å². The van der Waals surface area contributed by atoms with Crippen LogP contribution in [0.3, 0.4) is 0 Å². The summed E-state index contributed by atoms with van der Waals surface area (Å²) in [7, 11) is 2.86. The Morgan fingerprint density at radius 3 is 2.81 bits per heavy atom. The van der Waals surface area contributed by atoms with Crippen LogP contribution < -0.4 is 4.74 Å². The number of hydrogen-bond donors (Lipinski definition) is 0. The van der Waals surface area contributed by atoms with E-state index in [1.165, 1.54) is 25.6 Å². The van der Waals surface area contributed by atoms with Crippen molar-refractivity contribution in [3.8, 4) is 5.75 Å². The highest BCUT2D eigenvalue weighted by molar-refractivity contribution is 7.22. The van der Waals surface area contributed by atoms with Crippen LogP contribution in [0, 0.1) is 0 Å². The number of halogens is 1. The Kier molecular flexibility index (Phi) is 2.98. The molecule has 0 aliphatic heterocycles. The van der Waals surface area contributed by atoms with Crippen LogP contribution in [-0.4, -0.2) is 25.2 Å². The monoisotopic (exact) mass is 257 g/mol. The number of rotatable bonds is 2. The molecule has 4 nitrogen and oxygen atoms in total. The molecule has 84 valence electrons. The zero-order valence-corrected chi connectivity index (χ0v) is 10.2. The zero-order valence-electron chi connectivity index (χ0n) is 8.61. The average molecular weight is 258 g/mol. The maximum Gasteiger partial charge on any atom is 0.338 e. The first-order valence-electron chi connectivity index (χ1n) is 4.38. The van der Waals surface area contributed by atoms with Gasteiger partial charge < -0.3 is 9.47 Å². The van der Waals surface area contributed by atoms with Crippen molar-refractivity contribution in [2.75, 3.05) is 14.2 Å². The van der Waals surface area contributed by atoms with Gasteiger partial charge in [-0.15, -0.1) is 0 Å². The number of esters is 1. The molecule has 1 heterocycles. The minimum Gasteiger partial charge on any atom is -0.495 e. The van der Waals surface area contributed by atoms with E-state index in [-0.39, 0.29) is 0 Å². The SMILES string of the molecule is COC(=O)c1cc(OC)c2sc(Cl)nc2c1. The summed E-state index contributed by atoms with van der Waals surface area (Å²) in [5.41, 5.74) is 1.03. The first-order valence-corrected chi connectivity index (χ1v) is 5.57. The third-order valence-corrected chi connectivity index (χ3v) is 3.26. The van der Waals surface area contributed by atoms with Crippen LogP contribution >= 0.6 is 22.9 Å². The van der Waals surface area contributed by atoms with Crippen LogP contribution in [0.4, 0.5) is 0 Å². The molecule has 0 fully saturated rings. The number of aromatic nitrogens is 1. The van der Waals surface area contributed by atoms with Crippen molar-refractivity contribution < 1.29 is 14.3 Å². The number of nitrogens with zero attached hydrogens (tertiary/aromatic N) is 1. The number of hydrogen-bond acceptors (Lipinski definition) is 5. The topological polar surface area (TPSA) is 48.4 Å². The first-order chi connectivity index (χ1) is 7.65. The predicted octanol–water partition coefficient (Wildman–Crippen LogP) is 2.74. The van der Waals surface area contributed by atoms with E-state index in [9.17, 15) is 4.79 Å². The fourth-order valence-corrected chi connectivity index (χ4v) is 2.45. The number of thiazole rings is 1. The fraction of sp³-hybridized carbons (Fsp3) is 0.200. The Balaban J connectivity index is 2.67. The van der Waals surface area contributed by atoms with Gasteiger partial charge >= 0.3 is 5.97 Å². The van der Waals surface area contributed by atoms with Gasteiger partial charge in [0.05, 0.1) is 30.0 Å². The van der Waals surface area contributed by atoms with Gasteiger partial charge in [0.15, 0.2) is 4.47 Å². The Labute approximate surface area is 101 Å². The van der Waals surface area contributed by atoms with Gasteiger partial charge in [-0.1, -0.05) is 22.9 Å². The molecule has 1 aromatic carbocycles. The standard InChI is InChI=1S/C10H8ClNO3S/c1-14-7-4-5(9(13)15-2)3-6-8(7)16-10(11)12-6/h3-4H,1-2H3. The Hall–Kier alpha value is -1.33. The molecule has 0 N–H and O–H groups in total. The van der Waals surface area contributed by atoms with Gasteiger partial charge in [0.25, 0.3) is 0 Å². The second-order valence-electron chi connectivity index (χ2n) is 2.99. The van der Waals surface area contributed by atoms with Crippen LogP contribution in [0.2, 0.25) is 4.47 Å². The molecule has 0 bridgehead atoms. The molecule has 0 spiro atoms. The smallest absolute Gasteiger partial charge is 0.338 e. The molecule has 16 heavy (non-hydrogen) atoms. The van der Waals surface area contributed by atoms with Crippen molar-refractivity contribution >= 4 is 39.1 Å². The highest BCUT2D eigenvalue weighted by Crippen LogP contribution is 2.34. The summed E-state index contributed by atoms with van der Waals surface area (Å²) < 4.78 is 11.1. The van der Waals surface area contributed by atoms with Crippen molar-refractivity contribution in [3.63, 3.8) is 0 Å². The summed E-state index contributed by atoms with van der Waals surface area (Å²) in [6, 6.07) is 3.24. The lowest BCUT2D eigenvalue weighted by molar-refractivity contribution is 0.0600. The number of methoxy groups -OCH3 is 2. The molecule has 0 saturated carbocycles. The normalized spacial score (nSPS) is 10.4. The van der Waals surface area contributed by atoms with Gasteiger partial charge in [0, 0.05) is 0 Å². The number of carbonyl (C=O) groups is 1. The van der Waals surface area contributed by atoms with E-state index in [1.807, 2.05) is 0 Å². The molecule has 0 aliphatic rings. The number of fused-ring (bicyclic) bond motifs is 1. The van der Waals surface area contributed by atoms with E-state index in [0.717, 1.165) is 4.70 Å². The lowest BCUT2D eigenvalue weighted by atomic mass is 10.2. The predicted molar refractivity (Wildman–Crippen MR) is 62.5 cm³/mol. The van der Waals surface area contributed by atoms with Gasteiger partial charge in [-0.3, -0.25) is 0 Å². The van der Waals surface area contributed by atoms with Crippen molar-refractivity contribution in [2.45, 2.75) is 0 Å². The second-order valence-corrected chi connectivity index (χ2v) is 4.57. The van der Waals surface area contributed by atoms with Crippen LogP contribution in [0.25, 0.3) is 10.2 Å². The molecule has 0 unspecified atom stereocenters. The summed E-state index contributed by atoms with van der Waals surface area (Å²) in [6.45, 7) is 0. The minimum absolute atomic E-state index is 0.397. The molecule has 0 atom stereocenters. The summed E-state index contributed by atoms with van der Waals surface area (Å²) >= 11 is 7.12.